The lowest BCUT2D eigenvalue weighted by molar-refractivity contribution is -0.0381. The van der Waals surface area contributed by atoms with Gasteiger partial charge in [-0.05, 0) is 32.2 Å². The summed E-state index contributed by atoms with van der Waals surface area (Å²) in [6.45, 7) is 8.78. The van der Waals surface area contributed by atoms with Crippen LogP contribution in [0.25, 0.3) is 0 Å². The zero-order chi connectivity index (χ0) is 14.4. The maximum atomic E-state index is 5.58. The lowest BCUT2D eigenvalue weighted by Crippen LogP contribution is -2.62. The number of likely N-dealkylation sites (N-methyl/N-ethyl adjacent to an activating group) is 1. The summed E-state index contributed by atoms with van der Waals surface area (Å²) in [5.41, 5.74) is 0.404. The third-order valence-corrected chi connectivity index (χ3v) is 5.83. The van der Waals surface area contributed by atoms with Gasteiger partial charge in [0, 0.05) is 24.7 Å². The number of ether oxygens (including phenoxy) is 1. The van der Waals surface area contributed by atoms with E-state index in [0.29, 0.717) is 11.6 Å². The largest absolute Gasteiger partial charge is 0.379 e. The van der Waals surface area contributed by atoms with Gasteiger partial charge < -0.3 is 10.1 Å². The van der Waals surface area contributed by atoms with Gasteiger partial charge in [-0.25, -0.2) is 0 Å². The highest BCUT2D eigenvalue weighted by Crippen LogP contribution is 2.40. The van der Waals surface area contributed by atoms with Crippen molar-refractivity contribution in [3.8, 4) is 0 Å². The van der Waals surface area contributed by atoms with Crippen LogP contribution >= 0.6 is 0 Å². The van der Waals surface area contributed by atoms with E-state index in [9.17, 15) is 0 Å². The highest BCUT2D eigenvalue weighted by molar-refractivity contribution is 5.04. The van der Waals surface area contributed by atoms with Gasteiger partial charge in [0.05, 0.1) is 13.2 Å². The number of nitrogens with zero attached hydrogens (tertiary/aromatic N) is 1. The Kier molecular flexibility index (Phi) is 6.31. The molecular weight excluding hydrogens is 248 g/mol. The predicted molar refractivity (Wildman–Crippen MR) is 85.1 cm³/mol. The molecule has 1 unspecified atom stereocenters. The Morgan fingerprint density at radius 1 is 1.10 bits per heavy atom. The van der Waals surface area contributed by atoms with Crippen molar-refractivity contribution in [2.45, 2.75) is 70.4 Å². The van der Waals surface area contributed by atoms with Crippen LogP contribution in [0.4, 0.5) is 0 Å². The summed E-state index contributed by atoms with van der Waals surface area (Å²) in [4.78, 5) is 2.76. The summed E-state index contributed by atoms with van der Waals surface area (Å²) in [6.07, 6.45) is 9.51. The van der Waals surface area contributed by atoms with Gasteiger partial charge in [-0.1, -0.05) is 39.5 Å². The van der Waals surface area contributed by atoms with Gasteiger partial charge in [0.25, 0.3) is 0 Å². The summed E-state index contributed by atoms with van der Waals surface area (Å²) in [7, 11) is 2.17. The third-order valence-electron chi connectivity index (χ3n) is 5.83. The molecule has 1 saturated heterocycles. The molecule has 0 spiro atoms. The highest BCUT2D eigenvalue weighted by Gasteiger charge is 2.45. The summed E-state index contributed by atoms with van der Waals surface area (Å²) < 4.78 is 5.58. The molecule has 0 radical (unpaired) electrons. The fraction of sp³-hybridized carbons (Fsp3) is 1.00. The standard InChI is InChI=1S/C17H34N2O/c1-4-15(5-2)14-16(18-3)17(8-6-7-9-17)19-10-12-20-13-11-19/h15-16,18H,4-14H2,1-3H3. The minimum absolute atomic E-state index is 0.404. The van der Waals surface area contributed by atoms with E-state index < -0.39 is 0 Å². The molecule has 0 aromatic rings. The Hall–Kier alpha value is -0.120. The number of hydrogen-bond donors (Lipinski definition) is 1. The van der Waals surface area contributed by atoms with Gasteiger partial charge in [-0.3, -0.25) is 4.90 Å². The van der Waals surface area contributed by atoms with E-state index in [-0.39, 0.29) is 0 Å². The van der Waals surface area contributed by atoms with E-state index >= 15 is 0 Å². The van der Waals surface area contributed by atoms with Gasteiger partial charge in [-0.2, -0.15) is 0 Å². The lowest BCUT2D eigenvalue weighted by Gasteiger charge is -2.49. The SMILES string of the molecule is CCC(CC)CC(NC)C1(N2CCOCC2)CCCC1. The first-order chi connectivity index (χ1) is 9.76. The average molecular weight is 282 g/mol. The zero-order valence-corrected chi connectivity index (χ0v) is 13.8. The van der Waals surface area contributed by atoms with E-state index in [1.807, 2.05) is 0 Å². The number of morpholine rings is 1. The maximum Gasteiger partial charge on any atom is 0.0594 e. The molecule has 0 bridgehead atoms. The Morgan fingerprint density at radius 2 is 1.70 bits per heavy atom. The van der Waals surface area contributed by atoms with Crippen molar-refractivity contribution in [1.29, 1.82) is 0 Å². The van der Waals surface area contributed by atoms with Crippen molar-refractivity contribution in [3.05, 3.63) is 0 Å². The molecule has 1 heterocycles. The van der Waals surface area contributed by atoms with Crippen LogP contribution in [-0.2, 0) is 4.74 Å². The molecule has 0 aromatic heterocycles. The first-order valence-electron chi connectivity index (χ1n) is 8.77. The molecule has 1 saturated carbocycles. The Morgan fingerprint density at radius 3 is 2.20 bits per heavy atom. The van der Waals surface area contributed by atoms with Crippen LogP contribution in [0.15, 0.2) is 0 Å². The van der Waals surface area contributed by atoms with E-state index in [1.54, 1.807) is 0 Å². The molecule has 2 fully saturated rings. The molecule has 1 aliphatic heterocycles. The molecule has 0 aromatic carbocycles. The topological polar surface area (TPSA) is 24.5 Å². The van der Waals surface area contributed by atoms with Crippen molar-refractivity contribution in [1.82, 2.24) is 10.2 Å². The van der Waals surface area contributed by atoms with Crippen LogP contribution in [-0.4, -0.2) is 49.8 Å². The molecule has 0 amide bonds. The van der Waals surface area contributed by atoms with Gasteiger partial charge in [0.2, 0.25) is 0 Å². The van der Waals surface area contributed by atoms with Gasteiger partial charge in [-0.15, -0.1) is 0 Å². The molecule has 1 aliphatic carbocycles. The Labute approximate surface area is 125 Å². The zero-order valence-electron chi connectivity index (χ0n) is 13.8. The van der Waals surface area contributed by atoms with E-state index in [1.165, 1.54) is 44.9 Å². The van der Waals surface area contributed by atoms with Crippen LogP contribution in [0.3, 0.4) is 0 Å². The van der Waals surface area contributed by atoms with Crippen LogP contribution in [0, 0.1) is 5.92 Å². The van der Waals surface area contributed by atoms with Crippen molar-refractivity contribution in [2.75, 3.05) is 33.4 Å². The number of hydrogen-bond acceptors (Lipinski definition) is 3. The van der Waals surface area contributed by atoms with Crippen molar-refractivity contribution >= 4 is 0 Å². The lowest BCUT2D eigenvalue weighted by atomic mass is 9.79. The normalized spacial score (nSPS) is 25.2. The monoisotopic (exact) mass is 282 g/mol. The smallest absolute Gasteiger partial charge is 0.0594 e. The maximum absolute atomic E-state index is 5.58. The van der Waals surface area contributed by atoms with Crippen LogP contribution in [0.5, 0.6) is 0 Å². The van der Waals surface area contributed by atoms with Gasteiger partial charge in [0.1, 0.15) is 0 Å². The van der Waals surface area contributed by atoms with Crippen LogP contribution in [0.1, 0.15) is 58.8 Å². The molecule has 1 N–H and O–H groups in total. The van der Waals surface area contributed by atoms with E-state index in [2.05, 4.69) is 31.1 Å². The Bertz CT molecular complexity index is 266. The molecule has 1 atom stereocenters. The molecule has 118 valence electrons. The van der Waals surface area contributed by atoms with Crippen LogP contribution < -0.4 is 5.32 Å². The fourth-order valence-corrected chi connectivity index (χ4v) is 4.44. The first kappa shape index (κ1) is 16.3. The van der Waals surface area contributed by atoms with E-state index in [4.69, 9.17) is 4.74 Å². The molecule has 3 nitrogen and oxygen atoms in total. The number of nitrogens with one attached hydrogen (secondary N) is 1. The highest BCUT2D eigenvalue weighted by atomic mass is 16.5. The molecule has 2 rings (SSSR count). The molecule has 3 heteroatoms. The summed E-state index contributed by atoms with van der Waals surface area (Å²) in [6, 6.07) is 0.646. The van der Waals surface area contributed by atoms with Crippen molar-refractivity contribution in [2.24, 2.45) is 5.92 Å². The minimum Gasteiger partial charge on any atom is -0.379 e. The van der Waals surface area contributed by atoms with Gasteiger partial charge in [0.15, 0.2) is 0 Å². The second-order valence-electron chi connectivity index (χ2n) is 6.67. The summed E-state index contributed by atoms with van der Waals surface area (Å²) in [5, 5.41) is 3.70. The quantitative estimate of drug-likeness (QED) is 0.777. The van der Waals surface area contributed by atoms with E-state index in [0.717, 1.165) is 32.2 Å². The summed E-state index contributed by atoms with van der Waals surface area (Å²) >= 11 is 0. The molecule has 20 heavy (non-hydrogen) atoms. The summed E-state index contributed by atoms with van der Waals surface area (Å²) in [5.74, 6) is 0.867. The fourth-order valence-electron chi connectivity index (χ4n) is 4.44. The van der Waals surface area contributed by atoms with Crippen molar-refractivity contribution in [3.63, 3.8) is 0 Å². The third kappa shape index (κ3) is 3.37. The number of rotatable bonds is 7. The van der Waals surface area contributed by atoms with Crippen molar-refractivity contribution < 1.29 is 4.74 Å². The molecule has 2 aliphatic rings. The molecular formula is C17H34N2O. The minimum atomic E-state index is 0.404. The average Bonchev–Trinajstić information content (AvgIpc) is 3.00. The van der Waals surface area contributed by atoms with Gasteiger partial charge >= 0.3 is 0 Å². The second-order valence-corrected chi connectivity index (χ2v) is 6.67. The van der Waals surface area contributed by atoms with Crippen LogP contribution in [0.2, 0.25) is 0 Å². The Balaban J connectivity index is 2.11. The second kappa shape index (κ2) is 7.77. The first-order valence-corrected chi connectivity index (χ1v) is 8.77. The predicted octanol–water partition coefficient (Wildman–Crippen LogP) is 3.05.